The summed E-state index contributed by atoms with van der Waals surface area (Å²) in [4.78, 5) is 12.6. The second kappa shape index (κ2) is 7.56. The summed E-state index contributed by atoms with van der Waals surface area (Å²) < 4.78 is 19.1. The third kappa shape index (κ3) is 3.69. The average molecular weight is 351 g/mol. The second-order valence-corrected chi connectivity index (χ2v) is 6.45. The van der Waals surface area contributed by atoms with E-state index in [9.17, 15) is 9.18 Å². The third-order valence-electron chi connectivity index (χ3n) is 4.70. The zero-order valence-electron chi connectivity index (χ0n) is 15.1. The number of ether oxygens (including phenoxy) is 1. The molecule has 1 unspecified atom stereocenters. The quantitative estimate of drug-likeness (QED) is 0.705. The van der Waals surface area contributed by atoms with Crippen molar-refractivity contribution < 1.29 is 13.9 Å². The summed E-state index contributed by atoms with van der Waals surface area (Å²) in [5, 5.41) is 5.00. The van der Waals surface area contributed by atoms with Crippen LogP contribution in [0.3, 0.4) is 0 Å². The van der Waals surface area contributed by atoms with Gasteiger partial charge in [0.15, 0.2) is 0 Å². The largest absolute Gasteiger partial charge is 0.497 e. The molecule has 0 heterocycles. The van der Waals surface area contributed by atoms with Crippen molar-refractivity contribution in [2.24, 2.45) is 0 Å². The minimum Gasteiger partial charge on any atom is -0.497 e. The maximum Gasteiger partial charge on any atom is 0.227 e. The Kier molecular flexibility index (Phi) is 5.21. The molecule has 0 radical (unpaired) electrons. The Labute approximate surface area is 152 Å². The molecule has 3 rings (SSSR count). The van der Waals surface area contributed by atoms with Gasteiger partial charge in [-0.15, -0.1) is 0 Å². The topological polar surface area (TPSA) is 38.3 Å². The van der Waals surface area contributed by atoms with Crippen molar-refractivity contribution in [3.8, 4) is 5.75 Å². The number of fused-ring (bicyclic) bond motifs is 1. The summed E-state index contributed by atoms with van der Waals surface area (Å²) in [6.45, 7) is 3.64. The van der Waals surface area contributed by atoms with Crippen molar-refractivity contribution in [1.29, 1.82) is 0 Å². The highest BCUT2D eigenvalue weighted by Gasteiger charge is 2.19. The van der Waals surface area contributed by atoms with Crippen LogP contribution >= 0.6 is 0 Å². The van der Waals surface area contributed by atoms with Gasteiger partial charge in [-0.25, -0.2) is 4.39 Å². The molecule has 3 aromatic rings. The van der Waals surface area contributed by atoms with E-state index in [1.807, 2.05) is 43.3 Å². The van der Waals surface area contributed by atoms with Crippen molar-refractivity contribution in [2.45, 2.75) is 25.8 Å². The van der Waals surface area contributed by atoms with E-state index in [4.69, 9.17) is 4.74 Å². The summed E-state index contributed by atoms with van der Waals surface area (Å²) in [5.74, 6) is 0.0201. The number of methoxy groups -OCH3 is 1. The predicted octanol–water partition coefficient (Wildman–Crippen LogP) is 4.97. The van der Waals surface area contributed by atoms with Crippen molar-refractivity contribution in [3.63, 3.8) is 0 Å². The van der Waals surface area contributed by atoms with Crippen molar-refractivity contribution in [1.82, 2.24) is 5.32 Å². The Morgan fingerprint density at radius 2 is 1.69 bits per heavy atom. The minimum atomic E-state index is -0.393. The zero-order valence-corrected chi connectivity index (χ0v) is 15.1. The fraction of sp³-hybridized carbons (Fsp3) is 0.227. The molecule has 26 heavy (non-hydrogen) atoms. The number of amides is 1. The molecule has 3 nitrogen and oxygen atoms in total. The van der Waals surface area contributed by atoms with E-state index in [-0.39, 0.29) is 17.6 Å². The molecule has 1 N–H and O–H groups in total. The van der Waals surface area contributed by atoms with Gasteiger partial charge in [-0.1, -0.05) is 42.5 Å². The first-order valence-corrected chi connectivity index (χ1v) is 8.62. The van der Waals surface area contributed by atoms with Gasteiger partial charge in [0.25, 0.3) is 0 Å². The fourth-order valence-corrected chi connectivity index (χ4v) is 3.03. The summed E-state index contributed by atoms with van der Waals surface area (Å²) in [6.07, 6.45) is 0. The molecule has 0 spiro atoms. The molecule has 0 fully saturated rings. The molecular weight excluding hydrogens is 329 g/mol. The van der Waals surface area contributed by atoms with Gasteiger partial charge in [-0.3, -0.25) is 4.79 Å². The molecule has 4 heteroatoms. The van der Waals surface area contributed by atoms with Crippen LogP contribution in [0.5, 0.6) is 5.75 Å². The Bertz CT molecular complexity index is 938. The standard InChI is InChI=1S/C22H22FNO2/c1-14(22(25)24-15(2)20-6-4-5-7-21(20)23)16-8-9-18-13-19(26-3)11-10-17(18)12-16/h4-15H,1-3H3,(H,24,25)/t14-,15?/m0/s1. The van der Waals surface area contributed by atoms with Gasteiger partial charge in [-0.05, 0) is 48.4 Å². The monoisotopic (exact) mass is 351 g/mol. The van der Waals surface area contributed by atoms with Crippen LogP contribution in [0.2, 0.25) is 0 Å². The first kappa shape index (κ1) is 17.9. The zero-order chi connectivity index (χ0) is 18.7. The lowest BCUT2D eigenvalue weighted by Crippen LogP contribution is -2.31. The van der Waals surface area contributed by atoms with Gasteiger partial charge in [-0.2, -0.15) is 0 Å². The lowest BCUT2D eigenvalue weighted by Gasteiger charge is -2.19. The van der Waals surface area contributed by atoms with Crippen LogP contribution in [0, 0.1) is 5.82 Å². The van der Waals surface area contributed by atoms with E-state index in [2.05, 4.69) is 5.32 Å². The van der Waals surface area contributed by atoms with Gasteiger partial charge in [0, 0.05) is 5.56 Å². The van der Waals surface area contributed by atoms with Crippen LogP contribution < -0.4 is 10.1 Å². The Hall–Kier alpha value is -2.88. The molecule has 1 amide bonds. The van der Waals surface area contributed by atoms with E-state index in [0.29, 0.717) is 5.56 Å². The van der Waals surface area contributed by atoms with Crippen LogP contribution in [0.4, 0.5) is 4.39 Å². The normalized spacial score (nSPS) is 13.2. The van der Waals surface area contributed by atoms with Crippen molar-refractivity contribution in [3.05, 3.63) is 77.6 Å². The first-order chi connectivity index (χ1) is 12.5. The summed E-state index contributed by atoms with van der Waals surface area (Å²) in [6, 6.07) is 17.9. The van der Waals surface area contributed by atoms with Crippen LogP contribution in [0.25, 0.3) is 10.8 Å². The highest BCUT2D eigenvalue weighted by Crippen LogP contribution is 2.26. The highest BCUT2D eigenvalue weighted by atomic mass is 19.1. The predicted molar refractivity (Wildman–Crippen MR) is 102 cm³/mol. The van der Waals surface area contributed by atoms with Crippen molar-refractivity contribution >= 4 is 16.7 Å². The van der Waals surface area contributed by atoms with Crippen LogP contribution in [-0.2, 0) is 4.79 Å². The SMILES string of the molecule is COc1ccc2cc([C@H](C)C(=O)NC(C)c3ccccc3F)ccc2c1. The van der Waals surface area contributed by atoms with Gasteiger partial charge >= 0.3 is 0 Å². The average Bonchev–Trinajstić information content (AvgIpc) is 2.66. The van der Waals surface area contributed by atoms with Crippen LogP contribution in [0.1, 0.15) is 36.9 Å². The van der Waals surface area contributed by atoms with Gasteiger partial charge in [0.05, 0.1) is 19.1 Å². The maximum absolute atomic E-state index is 13.9. The molecule has 0 saturated heterocycles. The molecule has 0 aliphatic rings. The Balaban J connectivity index is 1.77. The maximum atomic E-state index is 13.9. The lowest BCUT2D eigenvalue weighted by molar-refractivity contribution is -0.122. The molecule has 3 aromatic carbocycles. The molecular formula is C22H22FNO2. The molecule has 0 bridgehead atoms. The van der Waals surface area contributed by atoms with Gasteiger partial charge in [0.1, 0.15) is 11.6 Å². The molecule has 2 atom stereocenters. The molecule has 0 saturated carbocycles. The molecule has 134 valence electrons. The summed E-state index contributed by atoms with van der Waals surface area (Å²) in [7, 11) is 1.64. The number of benzene rings is 3. The number of halogens is 1. The third-order valence-corrected chi connectivity index (χ3v) is 4.70. The lowest BCUT2D eigenvalue weighted by atomic mass is 9.96. The Morgan fingerprint density at radius 1 is 1.00 bits per heavy atom. The molecule has 0 aliphatic carbocycles. The number of carbonyl (C=O) groups is 1. The number of nitrogens with one attached hydrogen (secondary N) is 1. The number of hydrogen-bond donors (Lipinski definition) is 1. The molecule has 0 aromatic heterocycles. The number of carbonyl (C=O) groups excluding carboxylic acids is 1. The minimum absolute atomic E-state index is 0.131. The van der Waals surface area contributed by atoms with E-state index in [1.165, 1.54) is 6.07 Å². The van der Waals surface area contributed by atoms with E-state index in [1.54, 1.807) is 32.2 Å². The van der Waals surface area contributed by atoms with Crippen LogP contribution in [-0.4, -0.2) is 13.0 Å². The Morgan fingerprint density at radius 3 is 2.42 bits per heavy atom. The van der Waals surface area contributed by atoms with Crippen LogP contribution in [0.15, 0.2) is 60.7 Å². The number of rotatable bonds is 5. The van der Waals surface area contributed by atoms with Gasteiger partial charge in [0.2, 0.25) is 5.91 Å². The van der Waals surface area contributed by atoms with E-state index in [0.717, 1.165) is 22.1 Å². The van der Waals surface area contributed by atoms with E-state index < -0.39 is 6.04 Å². The highest BCUT2D eigenvalue weighted by molar-refractivity contribution is 5.88. The van der Waals surface area contributed by atoms with Crippen molar-refractivity contribution in [2.75, 3.05) is 7.11 Å². The van der Waals surface area contributed by atoms with Gasteiger partial charge < -0.3 is 10.1 Å². The summed E-state index contributed by atoms with van der Waals surface area (Å²) >= 11 is 0. The fourth-order valence-electron chi connectivity index (χ4n) is 3.03. The van der Waals surface area contributed by atoms with E-state index >= 15 is 0 Å². The summed E-state index contributed by atoms with van der Waals surface area (Å²) in [5.41, 5.74) is 1.40. The smallest absolute Gasteiger partial charge is 0.227 e. The second-order valence-electron chi connectivity index (χ2n) is 6.45. The first-order valence-electron chi connectivity index (χ1n) is 8.62. The molecule has 0 aliphatic heterocycles. The number of hydrogen-bond acceptors (Lipinski definition) is 2.